The summed E-state index contributed by atoms with van der Waals surface area (Å²) in [5.74, 6) is -1.35. The van der Waals surface area contributed by atoms with E-state index in [9.17, 15) is 28.4 Å². The molecule has 1 aromatic rings. The molecule has 0 spiro atoms. The summed E-state index contributed by atoms with van der Waals surface area (Å²) in [4.78, 5) is 21.6. The van der Waals surface area contributed by atoms with Crippen LogP contribution in [0.15, 0.2) is 54.0 Å². The van der Waals surface area contributed by atoms with Crippen molar-refractivity contribution in [1.29, 1.82) is 0 Å². The highest BCUT2D eigenvalue weighted by molar-refractivity contribution is 7.89. The molecular formula is C18H24N2O6S. The van der Waals surface area contributed by atoms with Crippen LogP contribution in [0.25, 0.3) is 0 Å². The van der Waals surface area contributed by atoms with Crippen molar-refractivity contribution in [3.8, 4) is 0 Å². The molecule has 1 unspecified atom stereocenters. The summed E-state index contributed by atoms with van der Waals surface area (Å²) < 4.78 is 27.1. The van der Waals surface area contributed by atoms with Gasteiger partial charge in [-0.1, -0.05) is 43.7 Å². The fourth-order valence-corrected chi connectivity index (χ4v) is 4.40. The Labute approximate surface area is 159 Å². The Bertz CT molecular complexity index is 819. The van der Waals surface area contributed by atoms with Crippen molar-refractivity contribution in [2.24, 2.45) is 0 Å². The number of sulfonamides is 1. The number of nitrogens with zero attached hydrogens (tertiary/aromatic N) is 2. The third-order valence-corrected chi connectivity index (χ3v) is 5.92. The minimum Gasteiger partial charge on any atom is -0.480 e. The van der Waals surface area contributed by atoms with Gasteiger partial charge in [-0.05, 0) is 25.3 Å². The minimum atomic E-state index is -4.43. The smallest absolute Gasteiger partial charge is 0.322 e. The molecule has 0 saturated heterocycles. The van der Waals surface area contributed by atoms with Crippen molar-refractivity contribution in [1.82, 2.24) is 4.31 Å². The summed E-state index contributed by atoms with van der Waals surface area (Å²) in [5, 5.41) is 20.8. The number of rotatable bonds is 12. The predicted octanol–water partition coefficient (Wildman–Crippen LogP) is 3.36. The van der Waals surface area contributed by atoms with Gasteiger partial charge in [0.05, 0.1) is 4.92 Å². The molecule has 0 bridgehead atoms. The van der Waals surface area contributed by atoms with Gasteiger partial charge in [0.2, 0.25) is 0 Å². The zero-order valence-electron chi connectivity index (χ0n) is 15.2. The highest BCUT2D eigenvalue weighted by Gasteiger charge is 2.38. The predicted molar refractivity (Wildman–Crippen MR) is 102 cm³/mol. The second kappa shape index (κ2) is 9.98. The Hall–Kier alpha value is -2.52. The second-order valence-corrected chi connectivity index (χ2v) is 7.83. The van der Waals surface area contributed by atoms with Crippen LogP contribution in [0.2, 0.25) is 0 Å². The number of carbonyl (C=O) groups is 1. The van der Waals surface area contributed by atoms with Crippen molar-refractivity contribution in [2.75, 3.05) is 6.54 Å². The zero-order valence-corrected chi connectivity index (χ0v) is 16.0. The largest absolute Gasteiger partial charge is 0.480 e. The molecule has 0 fully saturated rings. The highest BCUT2D eigenvalue weighted by Crippen LogP contribution is 2.29. The van der Waals surface area contributed by atoms with E-state index in [0.717, 1.165) is 28.4 Å². The van der Waals surface area contributed by atoms with Crippen LogP contribution in [-0.4, -0.2) is 41.3 Å². The van der Waals surface area contributed by atoms with Gasteiger partial charge in [-0.2, -0.15) is 4.31 Å². The first-order chi connectivity index (χ1) is 12.7. The van der Waals surface area contributed by atoms with Crippen LogP contribution in [0.5, 0.6) is 0 Å². The van der Waals surface area contributed by atoms with E-state index in [2.05, 4.69) is 13.2 Å². The molecule has 0 heterocycles. The van der Waals surface area contributed by atoms with Gasteiger partial charge in [-0.3, -0.25) is 14.9 Å². The lowest BCUT2D eigenvalue weighted by Gasteiger charge is -2.27. The van der Waals surface area contributed by atoms with Gasteiger partial charge < -0.3 is 5.11 Å². The van der Waals surface area contributed by atoms with Crippen molar-refractivity contribution in [3.63, 3.8) is 0 Å². The number of carboxylic acids is 1. The average molecular weight is 396 g/mol. The molecule has 0 aromatic heterocycles. The fourth-order valence-electron chi connectivity index (χ4n) is 2.64. The van der Waals surface area contributed by atoms with Crippen molar-refractivity contribution in [3.05, 3.63) is 59.2 Å². The lowest BCUT2D eigenvalue weighted by Crippen LogP contribution is -2.45. The molecule has 0 aliphatic heterocycles. The maximum absolute atomic E-state index is 13.1. The molecule has 1 aromatic carbocycles. The summed E-state index contributed by atoms with van der Waals surface area (Å²) >= 11 is 0. The molecule has 1 rings (SSSR count). The molecule has 0 aliphatic rings. The number of nitro groups is 1. The first kappa shape index (κ1) is 22.5. The van der Waals surface area contributed by atoms with Crippen LogP contribution in [0.4, 0.5) is 5.69 Å². The Morgan fingerprint density at radius 3 is 2.52 bits per heavy atom. The van der Waals surface area contributed by atoms with E-state index in [0.29, 0.717) is 6.42 Å². The van der Waals surface area contributed by atoms with Gasteiger partial charge in [0.25, 0.3) is 15.7 Å². The third kappa shape index (κ3) is 5.73. The highest BCUT2D eigenvalue weighted by atomic mass is 32.2. The van der Waals surface area contributed by atoms with E-state index in [1.807, 2.05) is 6.92 Å². The van der Waals surface area contributed by atoms with Crippen LogP contribution in [0.3, 0.4) is 0 Å². The number of para-hydroxylation sites is 1. The van der Waals surface area contributed by atoms with Crippen LogP contribution in [0.1, 0.15) is 32.6 Å². The first-order valence-corrected chi connectivity index (χ1v) is 9.86. The normalized spacial score (nSPS) is 12.5. The van der Waals surface area contributed by atoms with Gasteiger partial charge in [0.15, 0.2) is 4.90 Å². The van der Waals surface area contributed by atoms with Gasteiger partial charge >= 0.3 is 5.97 Å². The van der Waals surface area contributed by atoms with Crippen LogP contribution < -0.4 is 0 Å². The number of hydrogen-bond acceptors (Lipinski definition) is 5. The first-order valence-electron chi connectivity index (χ1n) is 8.42. The molecule has 27 heavy (non-hydrogen) atoms. The van der Waals surface area contributed by atoms with E-state index in [1.54, 1.807) is 0 Å². The van der Waals surface area contributed by atoms with Crippen LogP contribution >= 0.6 is 0 Å². The SMILES string of the molecule is C=CCC(C(=O)O)N(CCC(=C)CCC)S(=O)(=O)c1ccccc1[N+](=O)[O-]. The van der Waals surface area contributed by atoms with Crippen molar-refractivity contribution < 1.29 is 23.2 Å². The summed E-state index contributed by atoms with van der Waals surface area (Å²) in [6.07, 6.45) is 2.94. The lowest BCUT2D eigenvalue weighted by molar-refractivity contribution is -0.387. The van der Waals surface area contributed by atoms with Crippen molar-refractivity contribution in [2.45, 2.75) is 43.5 Å². The van der Waals surface area contributed by atoms with E-state index in [1.165, 1.54) is 18.2 Å². The van der Waals surface area contributed by atoms with Crippen LogP contribution in [0, 0.1) is 10.1 Å². The molecule has 0 amide bonds. The summed E-state index contributed by atoms with van der Waals surface area (Å²) in [5.41, 5.74) is 0.181. The summed E-state index contributed by atoms with van der Waals surface area (Å²) in [7, 11) is -4.43. The molecule has 0 saturated carbocycles. The summed E-state index contributed by atoms with van der Waals surface area (Å²) in [6.45, 7) is 9.16. The molecule has 148 valence electrons. The molecular weight excluding hydrogens is 372 g/mol. The van der Waals surface area contributed by atoms with E-state index in [4.69, 9.17) is 0 Å². The Morgan fingerprint density at radius 1 is 1.37 bits per heavy atom. The molecule has 1 atom stereocenters. The average Bonchev–Trinajstić information content (AvgIpc) is 2.60. The van der Waals surface area contributed by atoms with Gasteiger partial charge in [-0.15, -0.1) is 6.58 Å². The molecule has 0 radical (unpaired) electrons. The molecule has 9 heteroatoms. The van der Waals surface area contributed by atoms with E-state index in [-0.39, 0.29) is 19.4 Å². The van der Waals surface area contributed by atoms with Gasteiger partial charge in [0, 0.05) is 12.6 Å². The minimum absolute atomic E-state index is 0.130. The number of nitro benzene ring substituents is 1. The third-order valence-electron chi connectivity index (χ3n) is 3.96. The lowest BCUT2D eigenvalue weighted by atomic mass is 10.1. The number of aliphatic carboxylic acids is 1. The molecule has 0 aliphatic carbocycles. The second-order valence-electron chi connectivity index (χ2n) is 5.97. The Morgan fingerprint density at radius 2 is 2.00 bits per heavy atom. The van der Waals surface area contributed by atoms with Gasteiger partial charge in [0.1, 0.15) is 6.04 Å². The number of carboxylic acid groups (broad SMARTS) is 1. The standard InChI is InChI=1S/C18H24N2O6S/c1-4-8-14(3)12-13-19(16(9-5-2)18(21)22)27(25,26)17-11-7-6-10-15(17)20(23)24/h5-7,10-11,16H,2-4,8-9,12-13H2,1H3,(H,21,22). The Balaban J connectivity index is 3.43. The quantitative estimate of drug-likeness (QED) is 0.329. The monoisotopic (exact) mass is 396 g/mol. The van der Waals surface area contributed by atoms with E-state index < -0.39 is 37.5 Å². The van der Waals surface area contributed by atoms with E-state index >= 15 is 0 Å². The van der Waals surface area contributed by atoms with Crippen molar-refractivity contribution >= 4 is 21.7 Å². The molecule has 1 N–H and O–H groups in total. The topological polar surface area (TPSA) is 118 Å². The van der Waals surface area contributed by atoms with Gasteiger partial charge in [-0.25, -0.2) is 8.42 Å². The number of benzene rings is 1. The van der Waals surface area contributed by atoms with Crippen LogP contribution in [-0.2, 0) is 14.8 Å². The zero-order chi connectivity index (χ0) is 20.6. The number of hydrogen-bond donors (Lipinski definition) is 1. The molecule has 8 nitrogen and oxygen atoms in total. The summed E-state index contributed by atoms with van der Waals surface area (Å²) in [6, 6.07) is 3.47. The maximum Gasteiger partial charge on any atom is 0.322 e. The maximum atomic E-state index is 13.1. The fraction of sp³-hybridized carbons (Fsp3) is 0.389. The Kier molecular flexibility index (Phi) is 8.32.